The monoisotopic (exact) mass is 536 g/mol. The molecule has 0 spiro atoms. The second-order valence-electron chi connectivity index (χ2n) is 12.6. The van der Waals surface area contributed by atoms with Gasteiger partial charge in [-0.1, -0.05) is 74.5 Å². The normalized spacial score (nSPS) is 23.5. The van der Waals surface area contributed by atoms with Gasteiger partial charge in [0.05, 0.1) is 0 Å². The Bertz CT molecular complexity index is 1250. The number of likely N-dealkylation sites (tertiary alicyclic amines) is 1. The van der Waals surface area contributed by atoms with Gasteiger partial charge < -0.3 is 9.64 Å². The molecule has 0 aliphatic carbocycles. The third kappa shape index (κ3) is 6.12. The van der Waals surface area contributed by atoms with Gasteiger partial charge in [0.2, 0.25) is 0 Å². The number of carbonyl (C=O) groups is 1. The molecule has 3 saturated heterocycles. The fraction of sp³-hybridized carbons (Fsp3) is 0.472. The zero-order chi connectivity index (χ0) is 27.5. The Labute approximate surface area is 240 Å². The summed E-state index contributed by atoms with van der Waals surface area (Å²) in [6.07, 6.45) is 7.91. The maximum absolute atomic E-state index is 13.6. The van der Waals surface area contributed by atoms with E-state index in [9.17, 15) is 4.79 Å². The smallest absolute Gasteiger partial charge is 0.254 e. The van der Waals surface area contributed by atoms with Gasteiger partial charge in [0, 0.05) is 37.0 Å². The fourth-order valence-electron chi connectivity index (χ4n) is 7.26. The molecule has 210 valence electrons. The Balaban J connectivity index is 1.01. The van der Waals surface area contributed by atoms with Crippen molar-refractivity contribution in [3.63, 3.8) is 0 Å². The van der Waals surface area contributed by atoms with E-state index in [1.54, 1.807) is 0 Å². The summed E-state index contributed by atoms with van der Waals surface area (Å²) in [5.41, 5.74) is 4.86. The molecule has 2 bridgehead atoms. The molecule has 0 aromatic heterocycles. The van der Waals surface area contributed by atoms with Crippen molar-refractivity contribution in [3.05, 3.63) is 101 Å². The fourth-order valence-corrected chi connectivity index (χ4v) is 7.26. The first-order valence-corrected chi connectivity index (χ1v) is 15.5. The summed E-state index contributed by atoms with van der Waals surface area (Å²) in [6.45, 7) is 7.71. The van der Waals surface area contributed by atoms with Crippen LogP contribution >= 0.6 is 0 Å². The third-order valence-corrected chi connectivity index (χ3v) is 9.44. The van der Waals surface area contributed by atoms with Crippen LogP contribution in [0.2, 0.25) is 0 Å². The molecule has 4 heteroatoms. The van der Waals surface area contributed by atoms with E-state index in [1.165, 1.54) is 36.0 Å². The van der Waals surface area contributed by atoms with E-state index >= 15 is 0 Å². The zero-order valence-electron chi connectivity index (χ0n) is 24.2. The highest BCUT2D eigenvalue weighted by molar-refractivity contribution is 5.95. The molecule has 3 aliphatic rings. The van der Waals surface area contributed by atoms with Gasteiger partial charge in [0.25, 0.3) is 5.91 Å². The van der Waals surface area contributed by atoms with Crippen LogP contribution < -0.4 is 4.74 Å². The van der Waals surface area contributed by atoms with Gasteiger partial charge in [-0.15, -0.1) is 0 Å². The molecule has 3 aromatic carbocycles. The highest BCUT2D eigenvalue weighted by Gasteiger charge is 2.44. The molecule has 3 aromatic rings. The van der Waals surface area contributed by atoms with E-state index in [0.29, 0.717) is 5.92 Å². The highest BCUT2D eigenvalue weighted by atomic mass is 16.5. The van der Waals surface area contributed by atoms with Crippen molar-refractivity contribution in [2.24, 2.45) is 5.92 Å². The number of ether oxygens (including phenoxy) is 1. The van der Waals surface area contributed by atoms with Crippen molar-refractivity contribution in [2.75, 3.05) is 13.1 Å². The molecule has 0 N–H and O–H groups in total. The van der Waals surface area contributed by atoms with E-state index in [1.807, 2.05) is 0 Å². The van der Waals surface area contributed by atoms with Crippen LogP contribution in [-0.2, 0) is 13.0 Å². The first kappa shape index (κ1) is 27.1. The Kier molecular flexibility index (Phi) is 8.25. The summed E-state index contributed by atoms with van der Waals surface area (Å²) in [6, 6.07) is 28.3. The molecule has 0 radical (unpaired) electrons. The lowest BCUT2D eigenvalue weighted by molar-refractivity contribution is 0.0356. The molecule has 0 saturated carbocycles. The van der Waals surface area contributed by atoms with Crippen molar-refractivity contribution >= 4 is 5.91 Å². The minimum absolute atomic E-state index is 0.181. The van der Waals surface area contributed by atoms with Crippen LogP contribution in [0.4, 0.5) is 0 Å². The average molecular weight is 537 g/mol. The molecule has 3 aliphatic heterocycles. The van der Waals surface area contributed by atoms with Crippen LogP contribution in [0.1, 0.15) is 85.3 Å². The number of para-hydroxylation sites is 1. The number of rotatable bonds is 8. The van der Waals surface area contributed by atoms with Gasteiger partial charge >= 0.3 is 0 Å². The van der Waals surface area contributed by atoms with Crippen molar-refractivity contribution < 1.29 is 9.53 Å². The quantitative estimate of drug-likeness (QED) is 0.299. The summed E-state index contributed by atoms with van der Waals surface area (Å²) in [5.74, 6) is 2.43. The summed E-state index contributed by atoms with van der Waals surface area (Å²) in [4.78, 5) is 18.4. The van der Waals surface area contributed by atoms with Crippen molar-refractivity contribution in [3.8, 4) is 5.75 Å². The zero-order valence-corrected chi connectivity index (χ0v) is 24.2. The van der Waals surface area contributed by atoms with Crippen LogP contribution in [0.25, 0.3) is 0 Å². The summed E-state index contributed by atoms with van der Waals surface area (Å²) in [7, 11) is 0. The Morgan fingerprint density at radius 1 is 0.800 bits per heavy atom. The lowest BCUT2D eigenvalue weighted by atomic mass is 9.90. The first-order valence-electron chi connectivity index (χ1n) is 15.5. The van der Waals surface area contributed by atoms with Crippen LogP contribution in [0.5, 0.6) is 5.75 Å². The Morgan fingerprint density at radius 3 is 2.12 bits per heavy atom. The van der Waals surface area contributed by atoms with E-state index < -0.39 is 0 Å². The lowest BCUT2D eigenvalue weighted by Crippen LogP contribution is -2.49. The van der Waals surface area contributed by atoms with E-state index in [2.05, 4.69) is 103 Å². The summed E-state index contributed by atoms with van der Waals surface area (Å²) >= 11 is 0. The van der Waals surface area contributed by atoms with Gasteiger partial charge in [-0.05, 0) is 91.9 Å². The van der Waals surface area contributed by atoms with Crippen molar-refractivity contribution in [1.82, 2.24) is 9.80 Å². The van der Waals surface area contributed by atoms with Gasteiger partial charge in [-0.25, -0.2) is 0 Å². The number of benzene rings is 3. The van der Waals surface area contributed by atoms with Gasteiger partial charge in [0.1, 0.15) is 11.9 Å². The SMILES string of the molecule is CC(C)c1ccccc1OC1CC2CCC(C1)N2C(=O)c1ccc(CN2CCC(Cc3ccccc3)CC2)cc1. The maximum atomic E-state index is 13.6. The third-order valence-electron chi connectivity index (χ3n) is 9.44. The minimum Gasteiger partial charge on any atom is -0.490 e. The van der Waals surface area contributed by atoms with Crippen LogP contribution in [0.3, 0.4) is 0 Å². The average Bonchev–Trinajstić information content (AvgIpc) is 3.24. The summed E-state index contributed by atoms with van der Waals surface area (Å²) in [5, 5.41) is 0. The lowest BCUT2D eigenvalue weighted by Gasteiger charge is -2.39. The molecule has 40 heavy (non-hydrogen) atoms. The predicted octanol–water partition coefficient (Wildman–Crippen LogP) is 7.48. The topological polar surface area (TPSA) is 32.8 Å². The predicted molar refractivity (Wildman–Crippen MR) is 162 cm³/mol. The molecule has 1 amide bonds. The second kappa shape index (κ2) is 12.2. The van der Waals surface area contributed by atoms with Gasteiger partial charge in [0.15, 0.2) is 0 Å². The largest absolute Gasteiger partial charge is 0.490 e. The van der Waals surface area contributed by atoms with Crippen molar-refractivity contribution in [2.45, 2.75) is 89.4 Å². The van der Waals surface area contributed by atoms with Crippen LogP contribution in [-0.4, -0.2) is 47.0 Å². The van der Waals surface area contributed by atoms with Crippen LogP contribution in [0, 0.1) is 5.92 Å². The number of fused-ring (bicyclic) bond motifs is 2. The number of carbonyl (C=O) groups excluding carboxylic acids is 1. The number of amides is 1. The van der Waals surface area contributed by atoms with Gasteiger partial charge in [-0.3, -0.25) is 9.69 Å². The molecular weight excluding hydrogens is 492 g/mol. The minimum atomic E-state index is 0.181. The highest BCUT2D eigenvalue weighted by Crippen LogP contribution is 2.39. The Morgan fingerprint density at radius 2 is 1.45 bits per heavy atom. The number of hydrogen-bond acceptors (Lipinski definition) is 3. The molecule has 3 heterocycles. The molecule has 4 nitrogen and oxygen atoms in total. The van der Waals surface area contributed by atoms with Gasteiger partial charge in [-0.2, -0.15) is 0 Å². The van der Waals surface area contributed by atoms with Crippen molar-refractivity contribution in [1.29, 1.82) is 0 Å². The van der Waals surface area contributed by atoms with E-state index in [0.717, 1.165) is 62.5 Å². The van der Waals surface area contributed by atoms with E-state index in [-0.39, 0.29) is 24.1 Å². The van der Waals surface area contributed by atoms with Crippen LogP contribution in [0.15, 0.2) is 78.9 Å². The first-order chi connectivity index (χ1) is 19.5. The number of hydrogen-bond donors (Lipinski definition) is 0. The Hall–Kier alpha value is -3.11. The molecule has 6 rings (SSSR count). The number of piperidine rings is 2. The second-order valence-corrected chi connectivity index (χ2v) is 12.6. The molecule has 2 unspecified atom stereocenters. The standard InChI is InChI=1S/C36H44N2O2/c1-26(2)34-10-6-7-11-35(34)40-33-23-31-16-17-32(24-33)38(31)36(39)30-14-12-29(13-15-30)25-37-20-18-28(19-21-37)22-27-8-4-3-5-9-27/h3-15,26,28,31-33H,16-25H2,1-2H3. The molecule has 3 fully saturated rings. The number of nitrogens with zero attached hydrogens (tertiary/aromatic N) is 2. The molecule has 2 atom stereocenters. The summed E-state index contributed by atoms with van der Waals surface area (Å²) < 4.78 is 6.54. The maximum Gasteiger partial charge on any atom is 0.254 e. The van der Waals surface area contributed by atoms with E-state index in [4.69, 9.17) is 4.74 Å². The molecular formula is C36H44N2O2.